The van der Waals surface area contributed by atoms with Crippen LogP contribution in [-0.4, -0.2) is 39.0 Å². The molecule has 0 radical (unpaired) electrons. The standard InChI is InChI=1S/C15H13Cl2N5O2/c1-21(7-9-3-5-10(24-2)6-4-9)12-11-13(20-14(16)19-12)22(8-18-11)15(17)23/h3-6,8H,7H2,1-2H3. The fourth-order valence-electron chi connectivity index (χ4n) is 2.33. The SMILES string of the molecule is COc1ccc(CN(C)c2nc(Cl)nc3c2ncn3C(=O)Cl)cc1. The number of benzene rings is 1. The van der Waals surface area contributed by atoms with Crippen LogP contribution in [-0.2, 0) is 6.54 Å². The second-order valence-electron chi connectivity index (χ2n) is 5.06. The first-order valence-electron chi connectivity index (χ1n) is 6.94. The molecule has 124 valence electrons. The molecule has 3 aromatic rings. The van der Waals surface area contributed by atoms with Gasteiger partial charge < -0.3 is 9.64 Å². The Morgan fingerprint density at radius 2 is 2.00 bits per heavy atom. The average Bonchev–Trinajstić information content (AvgIpc) is 2.98. The minimum atomic E-state index is -0.712. The Bertz CT molecular complexity index is 895. The zero-order chi connectivity index (χ0) is 17.3. The van der Waals surface area contributed by atoms with Gasteiger partial charge in [-0.3, -0.25) is 4.79 Å². The molecular formula is C15H13Cl2N5O2. The zero-order valence-electron chi connectivity index (χ0n) is 12.9. The van der Waals surface area contributed by atoms with Gasteiger partial charge in [-0.15, -0.1) is 0 Å². The van der Waals surface area contributed by atoms with Crippen molar-refractivity contribution in [2.75, 3.05) is 19.1 Å². The number of hydrogen-bond donors (Lipinski definition) is 0. The Kier molecular flexibility index (Phi) is 4.55. The van der Waals surface area contributed by atoms with Crippen molar-refractivity contribution in [3.8, 4) is 5.75 Å². The molecule has 3 rings (SSSR count). The lowest BCUT2D eigenvalue weighted by Gasteiger charge is -2.18. The number of nitrogens with zero attached hydrogens (tertiary/aromatic N) is 5. The third kappa shape index (κ3) is 3.13. The van der Waals surface area contributed by atoms with Gasteiger partial charge in [0.05, 0.1) is 7.11 Å². The minimum Gasteiger partial charge on any atom is -0.497 e. The number of imidazole rings is 1. The third-order valence-electron chi connectivity index (χ3n) is 3.48. The highest BCUT2D eigenvalue weighted by molar-refractivity contribution is 6.63. The molecule has 2 heterocycles. The van der Waals surface area contributed by atoms with Crippen LogP contribution in [0.3, 0.4) is 0 Å². The lowest BCUT2D eigenvalue weighted by atomic mass is 10.2. The van der Waals surface area contributed by atoms with Crippen molar-refractivity contribution in [1.82, 2.24) is 19.5 Å². The van der Waals surface area contributed by atoms with Gasteiger partial charge in [0.15, 0.2) is 17.0 Å². The van der Waals surface area contributed by atoms with Crippen LogP contribution in [0, 0.1) is 0 Å². The Labute approximate surface area is 147 Å². The molecule has 0 aliphatic heterocycles. The molecular weight excluding hydrogens is 353 g/mol. The van der Waals surface area contributed by atoms with Crippen molar-refractivity contribution in [2.24, 2.45) is 0 Å². The van der Waals surface area contributed by atoms with Gasteiger partial charge in [-0.25, -0.2) is 9.55 Å². The van der Waals surface area contributed by atoms with E-state index in [2.05, 4.69) is 15.0 Å². The molecule has 2 aromatic heterocycles. The van der Waals surface area contributed by atoms with Gasteiger partial charge in [-0.05, 0) is 40.9 Å². The van der Waals surface area contributed by atoms with Gasteiger partial charge in [-0.1, -0.05) is 12.1 Å². The van der Waals surface area contributed by atoms with E-state index in [9.17, 15) is 4.79 Å². The third-order valence-corrected chi connectivity index (χ3v) is 3.83. The maximum atomic E-state index is 11.4. The van der Waals surface area contributed by atoms with E-state index in [0.29, 0.717) is 17.9 Å². The predicted molar refractivity (Wildman–Crippen MR) is 92.1 cm³/mol. The number of fused-ring (bicyclic) bond motifs is 1. The van der Waals surface area contributed by atoms with Crippen molar-refractivity contribution in [3.63, 3.8) is 0 Å². The first kappa shape index (κ1) is 16.5. The average molecular weight is 366 g/mol. The molecule has 0 saturated heterocycles. The fourth-order valence-corrected chi connectivity index (χ4v) is 2.62. The summed E-state index contributed by atoms with van der Waals surface area (Å²) in [7, 11) is 3.47. The van der Waals surface area contributed by atoms with Gasteiger partial charge in [0.1, 0.15) is 12.1 Å². The van der Waals surface area contributed by atoms with Crippen molar-refractivity contribution in [1.29, 1.82) is 0 Å². The summed E-state index contributed by atoms with van der Waals surface area (Å²) in [5.41, 5.74) is 1.77. The molecule has 0 aliphatic carbocycles. The van der Waals surface area contributed by atoms with E-state index in [1.807, 2.05) is 36.2 Å². The lowest BCUT2D eigenvalue weighted by molar-refractivity contribution is 0.261. The maximum absolute atomic E-state index is 11.4. The van der Waals surface area contributed by atoms with Crippen LogP contribution in [0.25, 0.3) is 11.2 Å². The Morgan fingerprint density at radius 3 is 2.62 bits per heavy atom. The van der Waals surface area contributed by atoms with Crippen molar-refractivity contribution in [2.45, 2.75) is 6.54 Å². The summed E-state index contributed by atoms with van der Waals surface area (Å²) in [6.45, 7) is 0.564. The Balaban J connectivity index is 1.96. The van der Waals surface area contributed by atoms with E-state index in [4.69, 9.17) is 27.9 Å². The van der Waals surface area contributed by atoms with Crippen LogP contribution in [0.5, 0.6) is 5.75 Å². The normalized spacial score (nSPS) is 10.8. The van der Waals surface area contributed by atoms with E-state index in [0.717, 1.165) is 15.9 Å². The second kappa shape index (κ2) is 6.62. The van der Waals surface area contributed by atoms with Crippen molar-refractivity contribution < 1.29 is 9.53 Å². The lowest BCUT2D eigenvalue weighted by Crippen LogP contribution is -2.18. The predicted octanol–water partition coefficient (Wildman–Crippen LogP) is 3.33. The molecule has 0 saturated carbocycles. The Hall–Kier alpha value is -2.38. The highest BCUT2D eigenvalue weighted by atomic mass is 35.5. The molecule has 0 aliphatic rings. The summed E-state index contributed by atoms with van der Waals surface area (Å²) in [6.07, 6.45) is 1.30. The number of rotatable bonds is 4. The van der Waals surface area contributed by atoms with Crippen LogP contribution in [0.15, 0.2) is 30.6 Å². The van der Waals surface area contributed by atoms with Crippen LogP contribution in [0.1, 0.15) is 5.56 Å². The van der Waals surface area contributed by atoms with E-state index >= 15 is 0 Å². The van der Waals surface area contributed by atoms with Crippen molar-refractivity contribution >= 4 is 45.5 Å². The summed E-state index contributed by atoms with van der Waals surface area (Å²) in [5.74, 6) is 1.30. The summed E-state index contributed by atoms with van der Waals surface area (Å²) in [4.78, 5) is 25.7. The molecule has 7 nitrogen and oxygen atoms in total. The van der Waals surface area contributed by atoms with Gasteiger partial charge in [-0.2, -0.15) is 9.97 Å². The topological polar surface area (TPSA) is 73.1 Å². The van der Waals surface area contributed by atoms with E-state index in [1.165, 1.54) is 6.33 Å². The summed E-state index contributed by atoms with van der Waals surface area (Å²) in [5, 5.41) is -0.699. The molecule has 0 amide bonds. The van der Waals surface area contributed by atoms with Crippen LogP contribution in [0.4, 0.5) is 10.6 Å². The van der Waals surface area contributed by atoms with Crippen LogP contribution in [0.2, 0.25) is 5.28 Å². The van der Waals surface area contributed by atoms with E-state index in [-0.39, 0.29) is 10.9 Å². The second-order valence-corrected chi connectivity index (χ2v) is 5.72. The molecule has 0 atom stereocenters. The number of halogens is 2. The molecule has 1 aromatic carbocycles. The highest BCUT2D eigenvalue weighted by Crippen LogP contribution is 2.25. The van der Waals surface area contributed by atoms with Gasteiger partial charge in [0.25, 0.3) is 0 Å². The molecule has 0 spiro atoms. The number of methoxy groups -OCH3 is 1. The number of anilines is 1. The smallest absolute Gasteiger partial charge is 0.327 e. The molecule has 0 unspecified atom stereocenters. The van der Waals surface area contributed by atoms with Gasteiger partial charge >= 0.3 is 5.37 Å². The summed E-state index contributed by atoms with van der Waals surface area (Å²) in [6, 6.07) is 7.67. The monoisotopic (exact) mass is 365 g/mol. The number of carbonyl (C=O) groups excluding carboxylic acids is 1. The molecule has 0 bridgehead atoms. The first-order valence-corrected chi connectivity index (χ1v) is 7.69. The summed E-state index contributed by atoms with van der Waals surface area (Å²) >= 11 is 11.5. The fraction of sp³-hybridized carbons (Fsp3) is 0.200. The quantitative estimate of drug-likeness (QED) is 0.521. The van der Waals surface area contributed by atoms with Gasteiger partial charge in [0.2, 0.25) is 5.28 Å². The number of hydrogen-bond acceptors (Lipinski definition) is 6. The first-order chi connectivity index (χ1) is 11.5. The highest BCUT2D eigenvalue weighted by Gasteiger charge is 2.18. The molecule has 0 N–H and O–H groups in total. The maximum Gasteiger partial charge on any atom is 0.327 e. The van der Waals surface area contributed by atoms with E-state index < -0.39 is 5.37 Å². The number of ether oxygens (including phenoxy) is 1. The van der Waals surface area contributed by atoms with Crippen molar-refractivity contribution in [3.05, 3.63) is 41.4 Å². The largest absolute Gasteiger partial charge is 0.497 e. The van der Waals surface area contributed by atoms with Gasteiger partial charge in [0, 0.05) is 13.6 Å². The number of aromatic nitrogens is 4. The molecule has 24 heavy (non-hydrogen) atoms. The molecule has 0 fully saturated rings. The summed E-state index contributed by atoms with van der Waals surface area (Å²) < 4.78 is 6.27. The van der Waals surface area contributed by atoms with Crippen LogP contribution >= 0.6 is 23.2 Å². The van der Waals surface area contributed by atoms with E-state index in [1.54, 1.807) is 7.11 Å². The Morgan fingerprint density at radius 1 is 1.29 bits per heavy atom. The number of carbonyl (C=O) groups is 1. The zero-order valence-corrected chi connectivity index (χ0v) is 14.4. The molecule has 9 heteroatoms. The van der Waals surface area contributed by atoms with Crippen LogP contribution < -0.4 is 9.64 Å². The minimum absolute atomic E-state index is 0.0127.